The van der Waals surface area contributed by atoms with Crippen molar-refractivity contribution in [3.63, 3.8) is 0 Å². The smallest absolute Gasteiger partial charge is 0.251 e. The normalized spacial score (nSPS) is 20.6. The molecule has 1 heterocycles. The Kier molecular flexibility index (Phi) is 5.34. The predicted molar refractivity (Wildman–Crippen MR) is 99.5 cm³/mol. The van der Waals surface area contributed by atoms with E-state index >= 15 is 0 Å². The lowest BCUT2D eigenvalue weighted by atomic mass is 10.0. The summed E-state index contributed by atoms with van der Waals surface area (Å²) in [4.78, 5) is 26.4. The van der Waals surface area contributed by atoms with Crippen LogP contribution < -0.4 is 10.6 Å². The number of carbonyl (C=O) groups excluding carboxylic acids is 2. The summed E-state index contributed by atoms with van der Waals surface area (Å²) in [6, 6.07) is 14.2. The summed E-state index contributed by atoms with van der Waals surface area (Å²) in [6.07, 6.45) is 2.49. The molecule has 2 aromatic carbocycles. The first-order valence-corrected chi connectivity index (χ1v) is 8.78. The van der Waals surface area contributed by atoms with Gasteiger partial charge in [0.15, 0.2) is 0 Å². The van der Waals surface area contributed by atoms with Crippen LogP contribution in [0.5, 0.6) is 0 Å². The van der Waals surface area contributed by atoms with E-state index in [-0.39, 0.29) is 23.9 Å². The maximum absolute atomic E-state index is 12.6. The molecule has 1 aliphatic heterocycles. The fourth-order valence-corrected chi connectivity index (χ4v) is 3.63. The molecule has 0 saturated carbocycles. The Morgan fingerprint density at radius 1 is 1.08 bits per heavy atom. The zero-order valence-electron chi connectivity index (χ0n) is 14.8. The Morgan fingerprint density at radius 2 is 1.80 bits per heavy atom. The number of hydrogen-bond acceptors (Lipinski definition) is 3. The van der Waals surface area contributed by atoms with Gasteiger partial charge in [-0.25, -0.2) is 0 Å². The molecule has 1 aliphatic rings. The van der Waals surface area contributed by atoms with Crippen LogP contribution in [-0.4, -0.2) is 49.4 Å². The van der Waals surface area contributed by atoms with E-state index in [0.29, 0.717) is 18.5 Å². The molecular weight excluding hydrogens is 314 g/mol. The van der Waals surface area contributed by atoms with Crippen molar-refractivity contribution in [1.29, 1.82) is 0 Å². The minimum atomic E-state index is -0.0417. The molecule has 1 saturated heterocycles. The summed E-state index contributed by atoms with van der Waals surface area (Å²) in [5, 5.41) is 7.79. The van der Waals surface area contributed by atoms with E-state index in [2.05, 4.69) is 15.5 Å². The number of carbonyl (C=O) groups is 2. The van der Waals surface area contributed by atoms with Gasteiger partial charge in [0.05, 0.1) is 0 Å². The highest BCUT2D eigenvalue weighted by atomic mass is 16.2. The van der Waals surface area contributed by atoms with Crippen LogP contribution in [0, 0.1) is 0 Å². The van der Waals surface area contributed by atoms with Crippen LogP contribution in [0.2, 0.25) is 0 Å². The van der Waals surface area contributed by atoms with E-state index in [4.69, 9.17) is 0 Å². The first-order chi connectivity index (χ1) is 12.1. The molecule has 0 spiro atoms. The first-order valence-electron chi connectivity index (χ1n) is 8.78. The van der Waals surface area contributed by atoms with E-state index in [9.17, 15) is 9.59 Å². The monoisotopic (exact) mass is 339 g/mol. The second-order valence-electron chi connectivity index (χ2n) is 6.66. The molecule has 2 aromatic rings. The molecular formula is C20H25N3O2. The van der Waals surface area contributed by atoms with Crippen molar-refractivity contribution in [3.8, 4) is 0 Å². The largest absolute Gasteiger partial charge is 0.359 e. The molecule has 2 amide bonds. The van der Waals surface area contributed by atoms with Crippen molar-refractivity contribution >= 4 is 22.6 Å². The lowest BCUT2D eigenvalue weighted by Crippen LogP contribution is -2.42. The molecule has 0 bridgehead atoms. The van der Waals surface area contributed by atoms with E-state index in [1.807, 2.05) is 49.5 Å². The van der Waals surface area contributed by atoms with Crippen molar-refractivity contribution in [1.82, 2.24) is 15.5 Å². The number of likely N-dealkylation sites (tertiary alicyclic amines) is 1. The Labute approximate surface area is 148 Å². The van der Waals surface area contributed by atoms with Crippen LogP contribution in [0.15, 0.2) is 42.5 Å². The molecule has 5 nitrogen and oxygen atoms in total. The molecule has 132 valence electrons. The minimum Gasteiger partial charge on any atom is -0.359 e. The van der Waals surface area contributed by atoms with Crippen LogP contribution in [0.25, 0.3) is 10.8 Å². The maximum Gasteiger partial charge on any atom is 0.251 e. The summed E-state index contributed by atoms with van der Waals surface area (Å²) < 4.78 is 0. The molecule has 1 fully saturated rings. The van der Waals surface area contributed by atoms with Gasteiger partial charge in [0, 0.05) is 37.7 Å². The average molecular weight is 339 g/mol. The number of likely N-dealkylation sites (N-methyl/N-ethyl adjacent to an activating group) is 1. The standard InChI is InChI=1S/C20H25N3O2/c1-21-19(24)12-15-10-11-16(23(15)2)13-22-20(25)18-9-5-7-14-6-3-4-8-17(14)18/h3-9,15-16H,10-13H2,1-2H3,(H,21,24)(H,22,25)/t15-,16+/m1/s1. The third-order valence-electron chi connectivity index (χ3n) is 5.22. The van der Waals surface area contributed by atoms with Crippen molar-refractivity contribution in [3.05, 3.63) is 48.0 Å². The number of nitrogens with one attached hydrogen (secondary N) is 2. The van der Waals surface area contributed by atoms with Crippen molar-refractivity contribution in [2.45, 2.75) is 31.3 Å². The summed E-state index contributed by atoms with van der Waals surface area (Å²) in [5.74, 6) is 0.0252. The topological polar surface area (TPSA) is 61.4 Å². The highest BCUT2D eigenvalue weighted by Gasteiger charge is 2.31. The second-order valence-corrected chi connectivity index (χ2v) is 6.66. The number of benzene rings is 2. The molecule has 2 N–H and O–H groups in total. The Morgan fingerprint density at radius 3 is 2.60 bits per heavy atom. The van der Waals surface area contributed by atoms with Gasteiger partial charge in [-0.15, -0.1) is 0 Å². The molecule has 5 heteroatoms. The molecule has 0 aliphatic carbocycles. The highest BCUT2D eigenvalue weighted by Crippen LogP contribution is 2.24. The van der Waals surface area contributed by atoms with Crippen molar-refractivity contribution in [2.75, 3.05) is 20.6 Å². The van der Waals surface area contributed by atoms with Crippen LogP contribution in [0.4, 0.5) is 0 Å². The minimum absolute atomic E-state index is 0.0417. The summed E-state index contributed by atoms with van der Waals surface area (Å²) >= 11 is 0. The van der Waals surface area contributed by atoms with Gasteiger partial charge in [-0.05, 0) is 36.7 Å². The van der Waals surface area contributed by atoms with E-state index in [1.54, 1.807) is 7.05 Å². The highest BCUT2D eigenvalue weighted by molar-refractivity contribution is 6.07. The summed E-state index contributed by atoms with van der Waals surface area (Å²) in [5.41, 5.74) is 0.709. The van der Waals surface area contributed by atoms with Gasteiger partial charge >= 0.3 is 0 Å². The van der Waals surface area contributed by atoms with E-state index < -0.39 is 0 Å². The average Bonchev–Trinajstić information content (AvgIpc) is 2.98. The quantitative estimate of drug-likeness (QED) is 0.878. The number of hydrogen-bond donors (Lipinski definition) is 2. The Bertz CT molecular complexity index is 769. The van der Waals surface area contributed by atoms with Gasteiger partial charge < -0.3 is 10.6 Å². The number of rotatable bonds is 5. The van der Waals surface area contributed by atoms with Gasteiger partial charge in [-0.1, -0.05) is 36.4 Å². The first kappa shape index (κ1) is 17.4. The SMILES string of the molecule is CNC(=O)C[C@H]1CC[C@@H](CNC(=O)c2cccc3ccccc23)N1C. The van der Waals surface area contributed by atoms with Crippen LogP contribution >= 0.6 is 0 Å². The molecule has 0 aromatic heterocycles. The van der Waals surface area contributed by atoms with Crippen molar-refractivity contribution < 1.29 is 9.59 Å². The molecule has 0 unspecified atom stereocenters. The number of amides is 2. The zero-order valence-corrected chi connectivity index (χ0v) is 14.8. The third-order valence-corrected chi connectivity index (χ3v) is 5.22. The molecule has 0 radical (unpaired) electrons. The molecule has 2 atom stereocenters. The van der Waals surface area contributed by atoms with Gasteiger partial charge in [0.25, 0.3) is 5.91 Å². The fraction of sp³-hybridized carbons (Fsp3) is 0.400. The van der Waals surface area contributed by atoms with Gasteiger partial charge in [0.1, 0.15) is 0 Å². The van der Waals surface area contributed by atoms with Crippen LogP contribution in [-0.2, 0) is 4.79 Å². The van der Waals surface area contributed by atoms with E-state index in [0.717, 1.165) is 23.6 Å². The van der Waals surface area contributed by atoms with E-state index in [1.165, 1.54) is 0 Å². The molecule has 25 heavy (non-hydrogen) atoms. The molecule has 3 rings (SSSR count). The number of nitrogens with zero attached hydrogens (tertiary/aromatic N) is 1. The third kappa shape index (κ3) is 3.82. The summed E-state index contributed by atoms with van der Waals surface area (Å²) in [6.45, 7) is 0.600. The van der Waals surface area contributed by atoms with Gasteiger partial charge in [0.2, 0.25) is 5.91 Å². The maximum atomic E-state index is 12.6. The Balaban J connectivity index is 1.62. The van der Waals surface area contributed by atoms with Crippen LogP contribution in [0.1, 0.15) is 29.6 Å². The lowest BCUT2D eigenvalue weighted by Gasteiger charge is -2.25. The second kappa shape index (κ2) is 7.66. The van der Waals surface area contributed by atoms with Crippen molar-refractivity contribution in [2.24, 2.45) is 0 Å². The predicted octanol–water partition coefficient (Wildman–Crippen LogP) is 2.17. The van der Waals surface area contributed by atoms with Gasteiger partial charge in [-0.2, -0.15) is 0 Å². The zero-order chi connectivity index (χ0) is 17.8. The lowest BCUT2D eigenvalue weighted by molar-refractivity contribution is -0.121. The Hall–Kier alpha value is -2.40. The summed E-state index contributed by atoms with van der Waals surface area (Å²) in [7, 11) is 3.70. The fourth-order valence-electron chi connectivity index (χ4n) is 3.63. The number of fused-ring (bicyclic) bond motifs is 1. The van der Waals surface area contributed by atoms with Crippen LogP contribution in [0.3, 0.4) is 0 Å². The van der Waals surface area contributed by atoms with Gasteiger partial charge in [-0.3, -0.25) is 14.5 Å².